The van der Waals surface area contributed by atoms with Gasteiger partial charge < -0.3 is 19.7 Å². The minimum absolute atomic E-state index is 0.153. The van der Waals surface area contributed by atoms with E-state index in [1.165, 1.54) is 0 Å². The van der Waals surface area contributed by atoms with E-state index in [1.54, 1.807) is 0 Å². The number of hydrogen-bond donors (Lipinski definition) is 2. The maximum atomic E-state index is 9.74. The Morgan fingerprint density at radius 1 is 1.28 bits per heavy atom. The monoisotopic (exact) mass is 345 g/mol. The third-order valence-electron chi connectivity index (χ3n) is 4.46. The molecule has 0 saturated heterocycles. The lowest BCUT2D eigenvalue weighted by Crippen LogP contribution is -2.27. The van der Waals surface area contributed by atoms with Gasteiger partial charge in [-0.15, -0.1) is 0 Å². The predicted molar refractivity (Wildman–Crippen MR) is 104 cm³/mol. The Labute approximate surface area is 150 Å². The number of allylic oxidation sites excluding steroid dienone is 2. The summed E-state index contributed by atoms with van der Waals surface area (Å²) in [5, 5.41) is 19.0. The highest BCUT2D eigenvalue weighted by molar-refractivity contribution is 5.80. The van der Waals surface area contributed by atoms with Crippen LogP contribution in [-0.4, -0.2) is 39.5 Å². The molecule has 2 N–H and O–H groups in total. The zero-order valence-electron chi connectivity index (χ0n) is 15.7. The van der Waals surface area contributed by atoms with E-state index in [4.69, 9.17) is 4.98 Å². The Morgan fingerprint density at radius 2 is 2.08 bits per heavy atom. The molecule has 1 aromatic carbocycles. The lowest BCUT2D eigenvalue weighted by atomic mass is 10.2. The van der Waals surface area contributed by atoms with Gasteiger partial charge in [0.25, 0.3) is 0 Å². The molecule has 0 spiro atoms. The van der Waals surface area contributed by atoms with E-state index >= 15 is 0 Å². The van der Waals surface area contributed by atoms with Crippen molar-refractivity contribution in [1.82, 2.24) is 9.55 Å². The average molecular weight is 345 g/mol. The van der Waals surface area contributed by atoms with Crippen molar-refractivity contribution >= 4 is 16.7 Å². The van der Waals surface area contributed by atoms with Gasteiger partial charge in [0.15, 0.2) is 0 Å². The Morgan fingerprint density at radius 3 is 2.76 bits per heavy atom. The van der Waals surface area contributed by atoms with E-state index in [0.29, 0.717) is 18.7 Å². The molecule has 0 aliphatic heterocycles. The Bertz CT molecular complexity index is 700. The van der Waals surface area contributed by atoms with Crippen molar-refractivity contribution in [3.05, 3.63) is 35.9 Å². The summed E-state index contributed by atoms with van der Waals surface area (Å²) in [6.45, 7) is 5.89. The van der Waals surface area contributed by atoms with Gasteiger partial charge in [-0.2, -0.15) is 0 Å². The number of hydrogen-bond acceptors (Lipinski definition) is 4. The number of aliphatic hydroxyl groups excluding tert-OH is 2. The third kappa shape index (κ3) is 4.98. The molecule has 0 atom stereocenters. The van der Waals surface area contributed by atoms with E-state index in [2.05, 4.69) is 34.6 Å². The Kier molecular flexibility index (Phi) is 7.31. The van der Waals surface area contributed by atoms with E-state index in [9.17, 15) is 10.2 Å². The van der Waals surface area contributed by atoms with Crippen molar-refractivity contribution in [2.45, 2.75) is 46.0 Å². The number of anilines is 1. The molecule has 0 bridgehead atoms. The largest absolute Gasteiger partial charge is 0.513 e. The molecule has 2 rings (SSSR count). The highest BCUT2D eigenvalue weighted by Gasteiger charge is 2.11. The molecule has 2 aromatic rings. The van der Waals surface area contributed by atoms with E-state index in [1.807, 2.05) is 20.0 Å². The van der Waals surface area contributed by atoms with Crippen molar-refractivity contribution < 1.29 is 10.2 Å². The third-order valence-corrected chi connectivity index (χ3v) is 4.46. The fraction of sp³-hybridized carbons (Fsp3) is 0.550. The second-order valence-corrected chi connectivity index (χ2v) is 6.43. The summed E-state index contributed by atoms with van der Waals surface area (Å²) in [7, 11) is 2.05. The van der Waals surface area contributed by atoms with Gasteiger partial charge in [-0.1, -0.05) is 13.8 Å². The lowest BCUT2D eigenvalue weighted by molar-refractivity contribution is 0.302. The summed E-state index contributed by atoms with van der Waals surface area (Å²) in [6, 6.07) is 6.32. The van der Waals surface area contributed by atoms with E-state index in [-0.39, 0.29) is 6.61 Å². The molecular formula is C20H31N3O2. The van der Waals surface area contributed by atoms with Crippen LogP contribution in [0.15, 0.2) is 30.0 Å². The van der Waals surface area contributed by atoms with Crippen molar-refractivity contribution in [2.75, 3.05) is 24.6 Å². The summed E-state index contributed by atoms with van der Waals surface area (Å²) < 4.78 is 2.13. The highest BCUT2D eigenvalue weighted by Crippen LogP contribution is 2.23. The molecule has 138 valence electrons. The summed E-state index contributed by atoms with van der Waals surface area (Å²) in [5.74, 6) is 1.52. The van der Waals surface area contributed by atoms with Crippen LogP contribution in [0.2, 0.25) is 0 Å². The second-order valence-electron chi connectivity index (χ2n) is 6.43. The van der Waals surface area contributed by atoms with E-state index < -0.39 is 0 Å². The summed E-state index contributed by atoms with van der Waals surface area (Å²) in [5.41, 5.74) is 3.21. The van der Waals surface area contributed by atoms with Gasteiger partial charge in [0.05, 0.1) is 23.4 Å². The van der Waals surface area contributed by atoms with Crippen LogP contribution in [0.25, 0.3) is 11.0 Å². The second kappa shape index (κ2) is 9.47. The molecule has 0 radical (unpaired) electrons. The minimum Gasteiger partial charge on any atom is -0.513 e. The Hall–Kier alpha value is -2.01. The van der Waals surface area contributed by atoms with Crippen LogP contribution in [-0.2, 0) is 13.5 Å². The fourth-order valence-corrected chi connectivity index (χ4v) is 3.18. The van der Waals surface area contributed by atoms with Gasteiger partial charge in [0.1, 0.15) is 5.82 Å². The van der Waals surface area contributed by atoms with Gasteiger partial charge in [-0.25, -0.2) is 4.98 Å². The van der Waals surface area contributed by atoms with Crippen LogP contribution >= 0.6 is 0 Å². The molecule has 0 fully saturated rings. The van der Waals surface area contributed by atoms with Crippen LogP contribution in [0.5, 0.6) is 0 Å². The van der Waals surface area contributed by atoms with Gasteiger partial charge in [-0.05, 0) is 43.5 Å². The number of aliphatic hydroxyl groups is 2. The van der Waals surface area contributed by atoms with Gasteiger partial charge in [0.2, 0.25) is 0 Å². The van der Waals surface area contributed by atoms with Crippen LogP contribution in [0, 0.1) is 0 Å². The first kappa shape index (κ1) is 19.3. The number of nitrogens with zero attached hydrogens (tertiary/aromatic N) is 3. The minimum atomic E-state index is 0.153. The number of benzene rings is 1. The SMILES string of the molecule is CC/C=C(\O)CCCc1nc2cc(N(CCC)CCO)ccc2n1C. The highest BCUT2D eigenvalue weighted by atomic mass is 16.3. The molecule has 0 unspecified atom stereocenters. The number of aryl methyl sites for hydroxylation is 2. The zero-order valence-corrected chi connectivity index (χ0v) is 15.7. The normalized spacial score (nSPS) is 12.1. The van der Waals surface area contributed by atoms with Crippen molar-refractivity contribution in [1.29, 1.82) is 0 Å². The number of fused-ring (bicyclic) bond motifs is 1. The smallest absolute Gasteiger partial charge is 0.109 e. The first-order chi connectivity index (χ1) is 12.1. The average Bonchev–Trinajstić information content (AvgIpc) is 2.90. The molecule has 5 nitrogen and oxygen atoms in total. The van der Waals surface area contributed by atoms with Crippen molar-refractivity contribution in [3.63, 3.8) is 0 Å². The van der Waals surface area contributed by atoms with Crippen LogP contribution in [0.4, 0.5) is 5.69 Å². The predicted octanol–water partition coefficient (Wildman–Crippen LogP) is 3.96. The standard InChI is InChI=1S/C20H31N3O2/c1-4-7-17(25)8-6-9-20-21-18-15-16(10-11-19(18)22(20)3)23(12-5-2)13-14-24/h7,10-11,15,24-25H,4-6,8-9,12-14H2,1-3H3/b17-7-. The quantitative estimate of drug-likeness (QED) is 0.640. The van der Waals surface area contributed by atoms with Gasteiger partial charge >= 0.3 is 0 Å². The van der Waals surface area contributed by atoms with Crippen LogP contribution in [0.3, 0.4) is 0 Å². The summed E-state index contributed by atoms with van der Waals surface area (Å²) >= 11 is 0. The van der Waals surface area contributed by atoms with Gasteiger partial charge in [0, 0.05) is 38.7 Å². The zero-order chi connectivity index (χ0) is 18.2. The Balaban J connectivity index is 2.16. The summed E-state index contributed by atoms with van der Waals surface area (Å²) in [6.07, 6.45) is 6.20. The van der Waals surface area contributed by atoms with Crippen LogP contribution in [0.1, 0.15) is 45.4 Å². The molecule has 25 heavy (non-hydrogen) atoms. The fourth-order valence-electron chi connectivity index (χ4n) is 3.18. The van der Waals surface area contributed by atoms with E-state index in [0.717, 1.165) is 54.8 Å². The number of aromatic nitrogens is 2. The first-order valence-electron chi connectivity index (χ1n) is 9.29. The number of rotatable bonds is 10. The van der Waals surface area contributed by atoms with Crippen LogP contribution < -0.4 is 4.90 Å². The first-order valence-corrected chi connectivity index (χ1v) is 9.29. The topological polar surface area (TPSA) is 61.5 Å². The van der Waals surface area contributed by atoms with Crippen molar-refractivity contribution in [3.8, 4) is 0 Å². The molecule has 1 aromatic heterocycles. The molecule has 0 aliphatic carbocycles. The number of imidazole rings is 1. The van der Waals surface area contributed by atoms with Gasteiger partial charge in [-0.3, -0.25) is 0 Å². The molecule has 1 heterocycles. The molecule has 0 saturated carbocycles. The molecular weight excluding hydrogens is 314 g/mol. The summed E-state index contributed by atoms with van der Waals surface area (Å²) in [4.78, 5) is 6.99. The maximum absolute atomic E-state index is 9.74. The lowest BCUT2D eigenvalue weighted by Gasteiger charge is -2.23. The maximum Gasteiger partial charge on any atom is 0.109 e. The molecule has 5 heteroatoms. The molecule has 0 amide bonds. The molecule has 0 aliphatic rings. The van der Waals surface area contributed by atoms with Crippen molar-refractivity contribution in [2.24, 2.45) is 7.05 Å².